The monoisotopic (exact) mass is 680 g/mol. The molecule has 5 nitrogen and oxygen atoms in total. The SMILES string of the molecule is CC1(C)c2ccccc2-c2cc3c4c5c(ccc4n(-c4ccc(-c6nc(-c7ccccc7)nc(-c7ccccc7)n6)cc4)c3cc21)oc1ccccc15. The van der Waals surface area contributed by atoms with Crippen molar-refractivity contribution in [2.75, 3.05) is 0 Å². The second kappa shape index (κ2) is 11.1. The molecule has 1 aliphatic rings. The highest BCUT2D eigenvalue weighted by atomic mass is 16.3. The fraction of sp³-hybridized carbons (Fsp3) is 0.0625. The molecule has 0 unspecified atom stereocenters. The van der Waals surface area contributed by atoms with Crippen molar-refractivity contribution in [3.05, 3.63) is 169 Å². The minimum absolute atomic E-state index is 0.130. The first-order valence-corrected chi connectivity index (χ1v) is 18.0. The standard InChI is InChI=1S/C48H32N4O/c1-48(2)37-19-11-9-17-33(37)35-27-36-40(28-38(35)48)52(39-25-26-42-44(43(36)39)34-18-10-12-20-41(34)53-42)32-23-21-31(22-24-32)47-50-45(29-13-5-3-6-14-29)49-46(51-47)30-15-7-4-8-16-30/h3-28H,1-2H3. The molecule has 11 rings (SSSR count). The molecule has 0 N–H and O–H groups in total. The first-order valence-electron chi connectivity index (χ1n) is 18.0. The topological polar surface area (TPSA) is 56.7 Å². The van der Waals surface area contributed by atoms with E-state index in [1.54, 1.807) is 0 Å². The number of hydrogen-bond acceptors (Lipinski definition) is 4. The molecule has 0 saturated carbocycles. The van der Waals surface area contributed by atoms with Gasteiger partial charge in [-0.1, -0.05) is 117 Å². The van der Waals surface area contributed by atoms with Crippen molar-refractivity contribution in [3.63, 3.8) is 0 Å². The third kappa shape index (κ3) is 4.40. The molecule has 0 bridgehead atoms. The lowest BCUT2D eigenvalue weighted by molar-refractivity contribution is 0.661. The summed E-state index contributed by atoms with van der Waals surface area (Å²) in [7, 11) is 0. The lowest BCUT2D eigenvalue weighted by Crippen LogP contribution is -2.14. The largest absolute Gasteiger partial charge is 0.456 e. The van der Waals surface area contributed by atoms with Crippen LogP contribution >= 0.6 is 0 Å². The van der Waals surface area contributed by atoms with Crippen molar-refractivity contribution in [3.8, 4) is 51.0 Å². The average molecular weight is 681 g/mol. The molecule has 10 aromatic rings. The van der Waals surface area contributed by atoms with Crippen LogP contribution in [0.1, 0.15) is 25.0 Å². The molecule has 0 saturated heterocycles. The molecule has 0 radical (unpaired) electrons. The third-order valence-corrected chi connectivity index (χ3v) is 11.1. The van der Waals surface area contributed by atoms with Crippen LogP contribution in [0, 0.1) is 0 Å². The predicted molar refractivity (Wildman–Crippen MR) is 215 cm³/mol. The van der Waals surface area contributed by atoms with Gasteiger partial charge >= 0.3 is 0 Å². The molecule has 53 heavy (non-hydrogen) atoms. The van der Waals surface area contributed by atoms with Crippen molar-refractivity contribution in [1.82, 2.24) is 19.5 Å². The Morgan fingerprint density at radius 2 is 1.06 bits per heavy atom. The number of nitrogens with zero attached hydrogens (tertiary/aromatic N) is 4. The van der Waals surface area contributed by atoms with Gasteiger partial charge in [0.25, 0.3) is 0 Å². The van der Waals surface area contributed by atoms with Crippen LogP contribution < -0.4 is 0 Å². The molecule has 0 aliphatic heterocycles. The number of benzene rings is 7. The van der Waals surface area contributed by atoms with Crippen LogP contribution in [-0.2, 0) is 5.41 Å². The molecular weight excluding hydrogens is 649 g/mol. The zero-order valence-corrected chi connectivity index (χ0v) is 29.2. The Hall–Kier alpha value is -6.85. The minimum atomic E-state index is -0.130. The van der Waals surface area contributed by atoms with Gasteiger partial charge in [0.15, 0.2) is 17.5 Å². The van der Waals surface area contributed by atoms with Gasteiger partial charge in [0.05, 0.1) is 11.0 Å². The van der Waals surface area contributed by atoms with Gasteiger partial charge in [0, 0.05) is 49.3 Å². The highest BCUT2D eigenvalue weighted by Gasteiger charge is 2.36. The van der Waals surface area contributed by atoms with Gasteiger partial charge in [-0.25, -0.2) is 15.0 Å². The van der Waals surface area contributed by atoms with E-state index in [9.17, 15) is 0 Å². The van der Waals surface area contributed by atoms with Crippen LogP contribution in [0.2, 0.25) is 0 Å². The Balaban J connectivity index is 1.14. The summed E-state index contributed by atoms with van der Waals surface area (Å²) >= 11 is 0. The van der Waals surface area contributed by atoms with E-state index < -0.39 is 0 Å². The molecule has 250 valence electrons. The van der Waals surface area contributed by atoms with E-state index in [0.29, 0.717) is 17.5 Å². The van der Waals surface area contributed by atoms with E-state index in [2.05, 4.69) is 109 Å². The molecule has 1 aliphatic carbocycles. The van der Waals surface area contributed by atoms with Crippen molar-refractivity contribution in [1.29, 1.82) is 0 Å². The van der Waals surface area contributed by atoms with Crippen molar-refractivity contribution >= 4 is 43.7 Å². The van der Waals surface area contributed by atoms with Gasteiger partial charge in [0.1, 0.15) is 11.2 Å². The van der Waals surface area contributed by atoms with Crippen LogP contribution in [0.25, 0.3) is 94.7 Å². The van der Waals surface area contributed by atoms with Crippen LogP contribution in [0.5, 0.6) is 0 Å². The van der Waals surface area contributed by atoms with Crippen LogP contribution in [0.15, 0.2) is 162 Å². The second-order valence-corrected chi connectivity index (χ2v) is 14.4. The van der Waals surface area contributed by atoms with E-state index in [1.165, 1.54) is 38.5 Å². The van der Waals surface area contributed by atoms with Crippen LogP contribution in [0.4, 0.5) is 0 Å². The highest BCUT2D eigenvalue weighted by molar-refractivity contribution is 6.28. The normalized spacial score (nSPS) is 13.2. The van der Waals surface area contributed by atoms with Crippen LogP contribution in [0.3, 0.4) is 0 Å². The maximum atomic E-state index is 6.43. The highest BCUT2D eigenvalue weighted by Crippen LogP contribution is 2.52. The van der Waals surface area contributed by atoms with E-state index in [-0.39, 0.29) is 5.41 Å². The smallest absolute Gasteiger partial charge is 0.164 e. The Labute approximate surface area is 305 Å². The number of para-hydroxylation sites is 1. The molecule has 7 aromatic carbocycles. The molecule has 0 amide bonds. The van der Waals surface area contributed by atoms with E-state index in [4.69, 9.17) is 19.4 Å². The number of aromatic nitrogens is 4. The minimum Gasteiger partial charge on any atom is -0.456 e. The van der Waals surface area contributed by atoms with Gasteiger partial charge in [0.2, 0.25) is 0 Å². The van der Waals surface area contributed by atoms with Gasteiger partial charge < -0.3 is 8.98 Å². The van der Waals surface area contributed by atoms with Gasteiger partial charge in [-0.15, -0.1) is 0 Å². The molecule has 5 heteroatoms. The number of hydrogen-bond donors (Lipinski definition) is 0. The zero-order valence-electron chi connectivity index (χ0n) is 29.2. The van der Waals surface area contributed by atoms with E-state index in [1.807, 2.05) is 66.7 Å². The quantitative estimate of drug-likeness (QED) is 0.186. The fourth-order valence-electron chi connectivity index (χ4n) is 8.49. The Bertz CT molecular complexity index is 3010. The summed E-state index contributed by atoms with van der Waals surface area (Å²) in [5.41, 5.74) is 13.2. The maximum Gasteiger partial charge on any atom is 0.164 e. The number of rotatable bonds is 4. The fourth-order valence-corrected chi connectivity index (χ4v) is 8.49. The summed E-state index contributed by atoms with van der Waals surface area (Å²) in [6.45, 7) is 4.68. The van der Waals surface area contributed by atoms with Crippen molar-refractivity contribution in [2.24, 2.45) is 0 Å². The van der Waals surface area contributed by atoms with Gasteiger partial charge in [-0.05, 0) is 76.9 Å². The second-order valence-electron chi connectivity index (χ2n) is 14.4. The van der Waals surface area contributed by atoms with Crippen LogP contribution in [-0.4, -0.2) is 19.5 Å². The lowest BCUT2D eigenvalue weighted by Gasteiger charge is -2.21. The van der Waals surface area contributed by atoms with E-state index >= 15 is 0 Å². The number of fused-ring (bicyclic) bond motifs is 10. The Morgan fingerprint density at radius 3 is 1.75 bits per heavy atom. The maximum absolute atomic E-state index is 6.43. The molecule has 3 aromatic heterocycles. The number of furan rings is 1. The Morgan fingerprint density at radius 1 is 0.453 bits per heavy atom. The molecule has 0 atom stereocenters. The first kappa shape index (κ1) is 29.8. The summed E-state index contributed by atoms with van der Waals surface area (Å²) < 4.78 is 8.84. The summed E-state index contributed by atoms with van der Waals surface area (Å²) in [5.74, 6) is 1.93. The molecular formula is C48H32N4O. The molecule has 0 spiro atoms. The predicted octanol–water partition coefficient (Wildman–Crippen LogP) is 12.2. The molecule has 3 heterocycles. The summed E-state index contributed by atoms with van der Waals surface area (Å²) in [6, 6.07) is 55.2. The van der Waals surface area contributed by atoms with Gasteiger partial charge in [-0.3, -0.25) is 0 Å². The van der Waals surface area contributed by atoms with Crippen molar-refractivity contribution in [2.45, 2.75) is 19.3 Å². The summed E-state index contributed by atoms with van der Waals surface area (Å²) in [5, 5.41) is 4.69. The van der Waals surface area contributed by atoms with Crippen molar-refractivity contribution < 1.29 is 4.42 Å². The summed E-state index contributed by atoms with van der Waals surface area (Å²) in [6.07, 6.45) is 0. The van der Waals surface area contributed by atoms with Gasteiger partial charge in [-0.2, -0.15) is 0 Å². The third-order valence-electron chi connectivity index (χ3n) is 11.1. The lowest BCUT2D eigenvalue weighted by atomic mass is 9.82. The Kier molecular flexibility index (Phi) is 6.23. The first-order chi connectivity index (χ1) is 26.0. The molecule has 0 fully saturated rings. The van der Waals surface area contributed by atoms with E-state index in [0.717, 1.165) is 49.8 Å². The summed E-state index contributed by atoms with van der Waals surface area (Å²) in [4.78, 5) is 14.9. The average Bonchev–Trinajstić information content (AvgIpc) is 3.83. The zero-order chi connectivity index (χ0) is 35.3.